The Hall–Kier alpha value is -3.88. The van der Waals surface area contributed by atoms with E-state index in [1.807, 2.05) is 0 Å². The summed E-state index contributed by atoms with van der Waals surface area (Å²) in [5.74, 6) is -2.02. The van der Waals surface area contributed by atoms with Gasteiger partial charge >= 0.3 is 0 Å². The number of benzene rings is 2. The molecule has 0 bridgehead atoms. The van der Waals surface area contributed by atoms with Gasteiger partial charge in [0.2, 0.25) is 5.91 Å². The molecule has 0 aliphatic rings. The topological polar surface area (TPSA) is 96.0 Å². The van der Waals surface area contributed by atoms with Gasteiger partial charge in [0.15, 0.2) is 0 Å². The van der Waals surface area contributed by atoms with Gasteiger partial charge in [0.25, 0.3) is 5.91 Å². The van der Waals surface area contributed by atoms with Crippen LogP contribution in [0.1, 0.15) is 17.4 Å². The van der Waals surface area contributed by atoms with E-state index in [0.29, 0.717) is 11.4 Å². The molecule has 3 rings (SSSR count). The maximum Gasteiger partial charge on any atom is 0.274 e. The number of anilines is 4. The number of hydrogen-bond donors (Lipinski definition) is 3. The minimum atomic E-state index is -0.788. The smallest absolute Gasteiger partial charge is 0.274 e. The number of carbonyl (C=O) groups is 2. The van der Waals surface area contributed by atoms with Crippen LogP contribution in [-0.4, -0.2) is 21.8 Å². The minimum absolute atomic E-state index is 0.0139. The molecule has 0 atom stereocenters. The second-order valence-corrected chi connectivity index (χ2v) is 5.75. The van der Waals surface area contributed by atoms with Crippen LogP contribution in [0.5, 0.6) is 0 Å². The summed E-state index contributed by atoms with van der Waals surface area (Å²) in [7, 11) is 0. The average molecular weight is 383 g/mol. The van der Waals surface area contributed by atoms with Crippen LogP contribution in [0.3, 0.4) is 0 Å². The van der Waals surface area contributed by atoms with Crippen molar-refractivity contribution in [3.05, 3.63) is 72.2 Å². The lowest BCUT2D eigenvalue weighted by Crippen LogP contribution is -2.14. The predicted molar refractivity (Wildman–Crippen MR) is 100 cm³/mol. The Morgan fingerprint density at radius 3 is 2.21 bits per heavy atom. The first-order chi connectivity index (χ1) is 13.4. The van der Waals surface area contributed by atoms with Crippen molar-refractivity contribution in [3.63, 3.8) is 0 Å². The zero-order chi connectivity index (χ0) is 20.1. The molecule has 2 amide bonds. The fourth-order valence-electron chi connectivity index (χ4n) is 2.31. The van der Waals surface area contributed by atoms with E-state index < -0.39 is 17.5 Å². The first-order valence-corrected chi connectivity index (χ1v) is 8.14. The monoisotopic (exact) mass is 383 g/mol. The molecule has 3 aromatic rings. The highest BCUT2D eigenvalue weighted by molar-refractivity contribution is 6.03. The fourth-order valence-corrected chi connectivity index (χ4v) is 2.31. The van der Waals surface area contributed by atoms with Crippen molar-refractivity contribution in [3.8, 4) is 0 Å². The molecule has 0 radical (unpaired) electrons. The van der Waals surface area contributed by atoms with Crippen molar-refractivity contribution in [1.29, 1.82) is 0 Å². The maximum absolute atomic E-state index is 13.7. The number of rotatable bonds is 5. The lowest BCUT2D eigenvalue weighted by molar-refractivity contribution is -0.114. The van der Waals surface area contributed by atoms with E-state index in [1.54, 1.807) is 24.3 Å². The summed E-state index contributed by atoms with van der Waals surface area (Å²) in [4.78, 5) is 31.2. The van der Waals surface area contributed by atoms with Crippen molar-refractivity contribution >= 4 is 34.7 Å². The van der Waals surface area contributed by atoms with Crippen LogP contribution >= 0.6 is 0 Å². The van der Waals surface area contributed by atoms with E-state index in [0.717, 1.165) is 18.5 Å². The summed E-state index contributed by atoms with van der Waals surface area (Å²) in [5.41, 5.74) is 1.16. The van der Waals surface area contributed by atoms with Gasteiger partial charge in [0, 0.05) is 30.4 Å². The average Bonchev–Trinajstić information content (AvgIpc) is 2.65. The quantitative estimate of drug-likeness (QED) is 0.624. The second-order valence-electron chi connectivity index (χ2n) is 5.75. The Kier molecular flexibility index (Phi) is 5.54. The summed E-state index contributed by atoms with van der Waals surface area (Å²) in [6, 6.07) is 10.9. The summed E-state index contributed by atoms with van der Waals surface area (Å²) < 4.78 is 26.7. The Labute approximate surface area is 158 Å². The summed E-state index contributed by atoms with van der Waals surface area (Å²) in [6.07, 6.45) is 1.15. The SMILES string of the molecule is CC(=O)Nc1ccc(NC(=O)c2cc(Nc3ccc(F)cc3F)ncn2)cc1. The highest BCUT2D eigenvalue weighted by Crippen LogP contribution is 2.20. The van der Waals surface area contributed by atoms with Gasteiger partial charge in [-0.2, -0.15) is 0 Å². The third-order valence-corrected chi connectivity index (χ3v) is 3.56. The molecule has 1 heterocycles. The third kappa shape index (κ3) is 4.85. The number of halogens is 2. The van der Waals surface area contributed by atoms with Gasteiger partial charge in [-0.15, -0.1) is 0 Å². The summed E-state index contributed by atoms with van der Waals surface area (Å²) >= 11 is 0. The van der Waals surface area contributed by atoms with Crippen molar-refractivity contribution in [2.24, 2.45) is 0 Å². The van der Waals surface area contributed by atoms with Crippen LogP contribution in [0.25, 0.3) is 0 Å². The zero-order valence-corrected chi connectivity index (χ0v) is 14.7. The molecular formula is C19H15F2N5O2. The van der Waals surface area contributed by atoms with Crippen LogP contribution in [0.15, 0.2) is 54.9 Å². The second kappa shape index (κ2) is 8.21. The molecule has 0 aliphatic heterocycles. The molecule has 0 fully saturated rings. The van der Waals surface area contributed by atoms with Crippen LogP contribution in [0.4, 0.5) is 31.7 Å². The molecular weight excluding hydrogens is 368 g/mol. The van der Waals surface area contributed by atoms with Crippen LogP contribution in [0.2, 0.25) is 0 Å². The molecule has 1 aromatic heterocycles. The molecule has 9 heteroatoms. The number of nitrogens with one attached hydrogen (secondary N) is 3. The molecule has 28 heavy (non-hydrogen) atoms. The van der Waals surface area contributed by atoms with Crippen LogP contribution < -0.4 is 16.0 Å². The van der Waals surface area contributed by atoms with Gasteiger partial charge in [0.05, 0.1) is 5.69 Å². The lowest BCUT2D eigenvalue weighted by atomic mass is 10.2. The largest absolute Gasteiger partial charge is 0.338 e. The Bertz CT molecular complexity index is 1030. The van der Waals surface area contributed by atoms with Crippen LogP contribution in [0, 0.1) is 11.6 Å². The third-order valence-electron chi connectivity index (χ3n) is 3.56. The molecule has 7 nitrogen and oxygen atoms in total. The van der Waals surface area contributed by atoms with E-state index in [2.05, 4.69) is 25.9 Å². The number of nitrogens with zero attached hydrogens (tertiary/aromatic N) is 2. The van der Waals surface area contributed by atoms with Gasteiger partial charge in [-0.25, -0.2) is 18.7 Å². The first kappa shape index (κ1) is 18.9. The Balaban J connectivity index is 1.70. The van der Waals surface area contributed by atoms with E-state index in [-0.39, 0.29) is 23.1 Å². The molecule has 3 N–H and O–H groups in total. The number of carbonyl (C=O) groups excluding carboxylic acids is 2. The molecule has 0 aliphatic carbocycles. The van der Waals surface area contributed by atoms with Crippen molar-refractivity contribution in [1.82, 2.24) is 9.97 Å². The highest BCUT2D eigenvalue weighted by Gasteiger charge is 2.11. The molecule has 0 unspecified atom stereocenters. The number of amides is 2. The Morgan fingerprint density at radius 2 is 1.57 bits per heavy atom. The van der Waals surface area contributed by atoms with Gasteiger partial charge in [-0.3, -0.25) is 9.59 Å². The van der Waals surface area contributed by atoms with Gasteiger partial charge in [0.1, 0.15) is 29.5 Å². The first-order valence-electron chi connectivity index (χ1n) is 8.14. The fraction of sp³-hybridized carbons (Fsp3) is 0.0526. The van der Waals surface area contributed by atoms with E-state index in [1.165, 1.54) is 19.1 Å². The standard InChI is InChI=1S/C19H15F2N5O2/c1-11(27)24-13-3-5-14(6-4-13)25-19(28)17-9-18(23-10-22-17)26-16-7-2-12(20)8-15(16)21/h2-10H,1H3,(H,24,27)(H,25,28)(H,22,23,26). The molecule has 0 saturated heterocycles. The zero-order valence-electron chi connectivity index (χ0n) is 14.7. The predicted octanol–water partition coefficient (Wildman–Crippen LogP) is 3.71. The molecule has 0 saturated carbocycles. The number of hydrogen-bond acceptors (Lipinski definition) is 5. The molecule has 0 spiro atoms. The van der Waals surface area contributed by atoms with E-state index >= 15 is 0 Å². The van der Waals surface area contributed by atoms with Gasteiger partial charge in [-0.05, 0) is 36.4 Å². The van der Waals surface area contributed by atoms with E-state index in [9.17, 15) is 18.4 Å². The lowest BCUT2D eigenvalue weighted by Gasteiger charge is -2.09. The van der Waals surface area contributed by atoms with Crippen molar-refractivity contribution in [2.75, 3.05) is 16.0 Å². The van der Waals surface area contributed by atoms with Gasteiger partial charge in [-0.1, -0.05) is 0 Å². The summed E-state index contributed by atoms with van der Waals surface area (Å²) in [5, 5.41) is 7.95. The highest BCUT2D eigenvalue weighted by atomic mass is 19.1. The number of aromatic nitrogens is 2. The van der Waals surface area contributed by atoms with Gasteiger partial charge < -0.3 is 16.0 Å². The minimum Gasteiger partial charge on any atom is -0.338 e. The Morgan fingerprint density at radius 1 is 0.893 bits per heavy atom. The molecule has 142 valence electrons. The normalized spacial score (nSPS) is 10.2. The van der Waals surface area contributed by atoms with Crippen molar-refractivity contribution < 1.29 is 18.4 Å². The maximum atomic E-state index is 13.7. The van der Waals surface area contributed by atoms with Crippen LogP contribution in [-0.2, 0) is 4.79 Å². The summed E-state index contributed by atoms with van der Waals surface area (Å²) in [6.45, 7) is 1.40. The van der Waals surface area contributed by atoms with E-state index in [4.69, 9.17) is 0 Å². The molecule has 2 aromatic carbocycles. The van der Waals surface area contributed by atoms with Crippen molar-refractivity contribution in [2.45, 2.75) is 6.92 Å².